The van der Waals surface area contributed by atoms with Gasteiger partial charge in [0.05, 0.1) is 13.1 Å². The van der Waals surface area contributed by atoms with Gasteiger partial charge in [0.1, 0.15) is 0 Å². The standard InChI is InChI=1S/C2H7NO3P/c4-7(5,6)3-1-2-3/h4-6H,1-2H2/q+1. The van der Waals surface area contributed by atoms with E-state index in [0.717, 1.165) is 0 Å². The monoisotopic (exact) mass is 124 g/mol. The van der Waals surface area contributed by atoms with Crippen molar-refractivity contribution in [3.63, 3.8) is 0 Å². The molecule has 1 fully saturated rings. The van der Waals surface area contributed by atoms with Crippen LogP contribution in [0.5, 0.6) is 0 Å². The van der Waals surface area contributed by atoms with Gasteiger partial charge in [0.2, 0.25) is 0 Å². The average Bonchev–Trinajstić information content (AvgIpc) is 1.99. The topological polar surface area (TPSA) is 63.7 Å². The van der Waals surface area contributed by atoms with Gasteiger partial charge in [-0.2, -0.15) is 14.7 Å². The van der Waals surface area contributed by atoms with Gasteiger partial charge in [0.25, 0.3) is 0 Å². The number of rotatable bonds is 1. The predicted molar refractivity (Wildman–Crippen MR) is 25.1 cm³/mol. The Kier molecular flexibility index (Phi) is 1.06. The van der Waals surface area contributed by atoms with E-state index in [0.29, 0.717) is 13.1 Å². The maximum atomic E-state index is 8.31. The van der Waals surface area contributed by atoms with E-state index < -0.39 is 8.09 Å². The minimum Gasteiger partial charge on any atom is -0.178 e. The Labute approximate surface area is 41.6 Å². The molecule has 42 valence electrons. The Bertz CT molecular complexity index is 75.5. The number of hydrogen-bond acceptors (Lipinski definition) is 4. The van der Waals surface area contributed by atoms with Crippen molar-refractivity contribution >= 4 is 8.09 Å². The first kappa shape index (κ1) is 5.41. The van der Waals surface area contributed by atoms with Gasteiger partial charge in [-0.15, -0.1) is 4.67 Å². The van der Waals surface area contributed by atoms with E-state index >= 15 is 0 Å². The van der Waals surface area contributed by atoms with E-state index in [-0.39, 0.29) is 0 Å². The lowest BCUT2D eigenvalue weighted by atomic mass is 11.0. The second-order valence-corrected chi connectivity index (χ2v) is 3.13. The minimum atomic E-state index is -3.54. The van der Waals surface area contributed by atoms with Gasteiger partial charge in [-0.1, -0.05) is 0 Å². The van der Waals surface area contributed by atoms with Crippen LogP contribution in [0.25, 0.3) is 0 Å². The first-order valence-electron chi connectivity index (χ1n) is 1.93. The first-order valence-corrected chi connectivity index (χ1v) is 3.53. The lowest BCUT2D eigenvalue weighted by Gasteiger charge is -1.98. The summed E-state index contributed by atoms with van der Waals surface area (Å²) < 4.78 is 1.22. The van der Waals surface area contributed by atoms with Gasteiger partial charge in [-0.05, 0) is 0 Å². The molecule has 0 atom stereocenters. The fraction of sp³-hybridized carbons (Fsp3) is 1.00. The fourth-order valence-electron chi connectivity index (χ4n) is 0.313. The molecule has 0 saturated carbocycles. The zero-order valence-corrected chi connectivity index (χ0v) is 4.54. The molecule has 0 aromatic rings. The van der Waals surface area contributed by atoms with Crippen molar-refractivity contribution in [3.8, 4) is 0 Å². The van der Waals surface area contributed by atoms with Gasteiger partial charge in [-0.3, -0.25) is 0 Å². The van der Waals surface area contributed by atoms with Crippen LogP contribution in [0.2, 0.25) is 0 Å². The molecule has 0 bridgehead atoms. The summed E-state index contributed by atoms with van der Waals surface area (Å²) in [5.41, 5.74) is 0. The zero-order valence-electron chi connectivity index (χ0n) is 3.65. The summed E-state index contributed by atoms with van der Waals surface area (Å²) in [6.45, 7) is 1.22. The van der Waals surface area contributed by atoms with Crippen LogP contribution in [0.15, 0.2) is 0 Å². The number of nitrogens with zero attached hydrogens (tertiary/aromatic N) is 1. The molecule has 3 N–H and O–H groups in total. The third-order valence-corrected chi connectivity index (χ3v) is 1.96. The molecule has 4 nitrogen and oxygen atoms in total. The van der Waals surface area contributed by atoms with Gasteiger partial charge in [0.15, 0.2) is 0 Å². The molecule has 1 aliphatic rings. The van der Waals surface area contributed by atoms with Crippen LogP contribution in [0, 0.1) is 0 Å². The largest absolute Gasteiger partial charge is 0.496 e. The van der Waals surface area contributed by atoms with Crippen molar-refractivity contribution in [1.29, 1.82) is 0 Å². The van der Waals surface area contributed by atoms with Crippen LogP contribution in [0.1, 0.15) is 0 Å². The second kappa shape index (κ2) is 1.37. The van der Waals surface area contributed by atoms with E-state index in [4.69, 9.17) is 14.7 Å². The molecular weight excluding hydrogens is 117 g/mol. The Morgan fingerprint density at radius 2 is 1.57 bits per heavy atom. The van der Waals surface area contributed by atoms with Crippen molar-refractivity contribution in [2.45, 2.75) is 0 Å². The van der Waals surface area contributed by atoms with Crippen LogP contribution >= 0.6 is 8.09 Å². The predicted octanol–water partition coefficient (Wildman–Crippen LogP) is -1.04. The molecule has 0 spiro atoms. The van der Waals surface area contributed by atoms with E-state index in [2.05, 4.69) is 0 Å². The Balaban J connectivity index is 2.36. The third kappa shape index (κ3) is 1.33. The number of hydrogen-bond donors (Lipinski definition) is 3. The SMILES string of the molecule is O[P+](O)(O)N1CC1. The Morgan fingerprint density at radius 3 is 1.57 bits per heavy atom. The summed E-state index contributed by atoms with van der Waals surface area (Å²) in [5, 5.41) is 0. The highest BCUT2D eigenvalue weighted by Gasteiger charge is 2.48. The van der Waals surface area contributed by atoms with E-state index in [9.17, 15) is 0 Å². The summed E-state index contributed by atoms with van der Waals surface area (Å²) in [6.07, 6.45) is 0. The minimum absolute atomic E-state index is 0.608. The van der Waals surface area contributed by atoms with E-state index in [1.165, 1.54) is 4.67 Å². The van der Waals surface area contributed by atoms with Crippen molar-refractivity contribution in [1.82, 2.24) is 4.67 Å². The smallest absolute Gasteiger partial charge is 0.178 e. The maximum Gasteiger partial charge on any atom is 0.496 e. The molecule has 7 heavy (non-hydrogen) atoms. The maximum absolute atomic E-state index is 8.31. The summed E-state index contributed by atoms with van der Waals surface area (Å²) in [6, 6.07) is 0. The van der Waals surface area contributed by atoms with Gasteiger partial charge >= 0.3 is 8.09 Å². The van der Waals surface area contributed by atoms with Crippen LogP contribution in [0.4, 0.5) is 0 Å². The van der Waals surface area contributed by atoms with Gasteiger partial charge in [-0.25, -0.2) is 0 Å². The summed E-state index contributed by atoms with van der Waals surface area (Å²) in [4.78, 5) is 24.9. The average molecular weight is 124 g/mol. The highest BCUT2D eigenvalue weighted by atomic mass is 31.2. The Hall–Kier alpha value is 0.270. The zero-order chi connectivity index (χ0) is 5.49. The molecule has 1 heterocycles. The van der Waals surface area contributed by atoms with Crippen molar-refractivity contribution < 1.29 is 14.7 Å². The van der Waals surface area contributed by atoms with Gasteiger partial charge in [0, 0.05) is 0 Å². The lowest BCUT2D eigenvalue weighted by molar-refractivity contribution is 0.291. The van der Waals surface area contributed by atoms with Crippen LogP contribution in [-0.2, 0) is 0 Å². The molecular formula is C2H7NO3P+. The summed E-state index contributed by atoms with van der Waals surface area (Å²) in [7, 11) is -3.54. The molecule has 0 aliphatic carbocycles. The van der Waals surface area contributed by atoms with Crippen molar-refractivity contribution in [3.05, 3.63) is 0 Å². The highest BCUT2D eigenvalue weighted by molar-refractivity contribution is 7.56. The third-order valence-electron chi connectivity index (χ3n) is 0.803. The van der Waals surface area contributed by atoms with Gasteiger partial charge < -0.3 is 0 Å². The quantitative estimate of drug-likeness (QED) is 0.308. The van der Waals surface area contributed by atoms with Crippen molar-refractivity contribution in [2.75, 3.05) is 13.1 Å². The van der Waals surface area contributed by atoms with Crippen LogP contribution in [-0.4, -0.2) is 32.4 Å². The molecule has 1 rings (SSSR count). The molecule has 0 amide bonds. The molecule has 1 saturated heterocycles. The normalized spacial score (nSPS) is 22.7. The second-order valence-electron chi connectivity index (χ2n) is 1.49. The molecule has 0 aromatic carbocycles. The Morgan fingerprint density at radius 1 is 1.14 bits per heavy atom. The first-order chi connectivity index (χ1) is 3.11. The molecule has 1 aliphatic heterocycles. The molecule has 0 aromatic heterocycles. The van der Waals surface area contributed by atoms with Crippen LogP contribution in [0.3, 0.4) is 0 Å². The van der Waals surface area contributed by atoms with E-state index in [1.54, 1.807) is 0 Å². The fourth-order valence-corrected chi connectivity index (χ4v) is 0.939. The lowest BCUT2D eigenvalue weighted by Crippen LogP contribution is -1.98. The highest BCUT2D eigenvalue weighted by Crippen LogP contribution is 2.52. The molecule has 0 unspecified atom stereocenters. The molecule has 5 heteroatoms. The van der Waals surface area contributed by atoms with Crippen molar-refractivity contribution in [2.24, 2.45) is 0 Å². The summed E-state index contributed by atoms with van der Waals surface area (Å²) in [5.74, 6) is 0. The van der Waals surface area contributed by atoms with Crippen LogP contribution < -0.4 is 0 Å². The van der Waals surface area contributed by atoms with E-state index in [1.807, 2.05) is 0 Å². The molecule has 0 radical (unpaired) electrons. The summed E-state index contributed by atoms with van der Waals surface area (Å²) >= 11 is 0.